The van der Waals surface area contributed by atoms with Crippen molar-refractivity contribution in [1.82, 2.24) is 5.32 Å². The number of Topliss-reactive ketones (excluding diaryl/α,β-unsaturated/α-hetero) is 3. The van der Waals surface area contributed by atoms with Gasteiger partial charge in [0.05, 0.1) is 23.6 Å². The Bertz CT molecular complexity index is 2390. The number of aliphatic hydroxyl groups is 2. The van der Waals surface area contributed by atoms with Crippen LogP contribution in [-0.4, -0.2) is 104 Å². The van der Waals surface area contributed by atoms with Crippen LogP contribution in [0.15, 0.2) is 72.3 Å². The highest BCUT2D eigenvalue weighted by molar-refractivity contribution is 9.09. The number of aliphatic carboxylic acids is 1. The number of benzene rings is 2. The van der Waals surface area contributed by atoms with Gasteiger partial charge in [-0.05, 0) is 92.9 Å². The van der Waals surface area contributed by atoms with E-state index in [9.17, 15) is 43.8 Å². The molecule has 13 atom stereocenters. The lowest BCUT2D eigenvalue weighted by atomic mass is 9.44. The molecule has 4 fully saturated rings. The number of ether oxygens (including phenoxy) is 2. The number of ketones is 4. The molecule has 4 aliphatic carbocycles. The third-order valence-corrected chi connectivity index (χ3v) is 15.9. The summed E-state index contributed by atoms with van der Waals surface area (Å²) >= 11 is 3.04. The standard InChI is InChI=1S/C50H57BrF2N2O12/c1-26(16-39(59)27(2)54-45(65)31(12-13-43(62)63)19-34(58)24-51)44(64)55-32-7-5-6-29(18-32)17-28-8-10-30(11-9-28)46-66-42-22-35-36-21-38(52)37-20-33(57)14-15-47(37,3)49(36,53)40(60)23-48(35,4)50(42,67-46)41(61)25-56/h5-11,14-15,18,20,26-27,31,35-36,38,40,42,46,56,60H,12-13,16-17,19,21-25H2,1-4H3,(H,54,65)(H,55,64)(H,62,63)/t26-,27+,31-,35+,36+,38+,40+,42-,46-,47+,48+,49+,50-/m1/s1. The summed E-state index contributed by atoms with van der Waals surface area (Å²) in [6.45, 7) is 5.39. The van der Waals surface area contributed by atoms with Crippen molar-refractivity contribution in [3.8, 4) is 0 Å². The van der Waals surface area contributed by atoms with Crippen molar-refractivity contribution in [3.05, 3.63) is 89.0 Å². The van der Waals surface area contributed by atoms with E-state index in [0.29, 0.717) is 17.7 Å². The van der Waals surface area contributed by atoms with E-state index in [4.69, 9.17) is 14.6 Å². The van der Waals surface area contributed by atoms with E-state index in [-0.39, 0.29) is 61.6 Å². The molecule has 7 rings (SSSR count). The summed E-state index contributed by atoms with van der Waals surface area (Å²) in [7, 11) is 0. The van der Waals surface area contributed by atoms with Crippen LogP contribution < -0.4 is 10.6 Å². The highest BCUT2D eigenvalue weighted by Gasteiger charge is 2.80. The summed E-state index contributed by atoms with van der Waals surface area (Å²) in [6, 6.07) is 13.5. The summed E-state index contributed by atoms with van der Waals surface area (Å²) in [4.78, 5) is 88.4. The van der Waals surface area contributed by atoms with Crippen molar-refractivity contribution in [2.45, 2.75) is 121 Å². The quantitative estimate of drug-likeness (QED) is 0.112. The molecule has 2 aromatic carbocycles. The molecule has 5 aliphatic rings. The summed E-state index contributed by atoms with van der Waals surface area (Å²) < 4.78 is 46.8. The van der Waals surface area contributed by atoms with Crippen molar-refractivity contribution < 1.29 is 67.1 Å². The van der Waals surface area contributed by atoms with Crippen LogP contribution in [0, 0.1) is 34.5 Å². The fourth-order valence-corrected chi connectivity index (χ4v) is 11.9. The SMILES string of the molecule is C[C@H](CC(=O)[C@H](C)NC(=O)[C@H](CCC(=O)O)CC(=O)CBr)C(=O)Nc1cccc(Cc2ccc([C@@H]3O[C@@H]4C[C@H]5[C@@H]6C[C@H](F)C7=CC(=O)C=C[C@]7(C)[C@@]6(F)[C@@H](O)C[C@]5(C)[C@]4(C(=O)CO)O3)cc2)c1. The molecular formula is C50H57BrF2N2O12. The van der Waals surface area contributed by atoms with E-state index < -0.39 is 118 Å². The Labute approximate surface area is 395 Å². The van der Waals surface area contributed by atoms with Crippen LogP contribution in [0.25, 0.3) is 0 Å². The Balaban J connectivity index is 0.977. The Hall–Kier alpha value is -4.81. The summed E-state index contributed by atoms with van der Waals surface area (Å²) in [6.07, 6.45) is -2.36. The zero-order valence-corrected chi connectivity index (χ0v) is 39.4. The molecule has 17 heteroatoms. The first-order valence-electron chi connectivity index (χ1n) is 22.7. The largest absolute Gasteiger partial charge is 0.481 e. The van der Waals surface area contributed by atoms with Crippen LogP contribution in [0.4, 0.5) is 14.5 Å². The fraction of sp³-hybridized carbons (Fsp3) is 0.540. The highest BCUT2D eigenvalue weighted by Crippen LogP contribution is 2.72. The van der Waals surface area contributed by atoms with E-state index in [1.165, 1.54) is 26.0 Å². The van der Waals surface area contributed by atoms with Gasteiger partial charge in [-0.1, -0.05) is 72.3 Å². The van der Waals surface area contributed by atoms with Crippen molar-refractivity contribution in [1.29, 1.82) is 0 Å². The molecule has 3 saturated carbocycles. The zero-order chi connectivity index (χ0) is 48.8. The minimum Gasteiger partial charge on any atom is -0.481 e. The maximum absolute atomic E-state index is 17.8. The Kier molecular flexibility index (Phi) is 14.4. The minimum atomic E-state index is -2.36. The molecule has 0 spiro atoms. The molecule has 14 nitrogen and oxygen atoms in total. The van der Waals surface area contributed by atoms with Crippen LogP contribution in [0.2, 0.25) is 0 Å². The molecule has 1 heterocycles. The number of amides is 2. The van der Waals surface area contributed by atoms with Crippen LogP contribution in [0.1, 0.15) is 95.6 Å². The molecule has 0 aromatic heterocycles. The maximum Gasteiger partial charge on any atom is 0.303 e. The van der Waals surface area contributed by atoms with Gasteiger partial charge in [-0.2, -0.15) is 0 Å². The Morgan fingerprint density at radius 3 is 2.36 bits per heavy atom. The number of alkyl halides is 3. The normalized spacial score (nSPS) is 32.9. The van der Waals surface area contributed by atoms with Crippen LogP contribution in [-0.2, 0) is 49.5 Å². The Morgan fingerprint density at radius 2 is 1.69 bits per heavy atom. The van der Waals surface area contributed by atoms with Gasteiger partial charge in [0.25, 0.3) is 0 Å². The molecule has 2 aromatic rings. The van der Waals surface area contributed by atoms with Crippen molar-refractivity contribution in [3.63, 3.8) is 0 Å². The fourth-order valence-electron chi connectivity index (χ4n) is 11.7. The Morgan fingerprint density at radius 1 is 0.970 bits per heavy atom. The molecule has 2 amide bonds. The number of anilines is 1. The van der Waals surface area contributed by atoms with Crippen molar-refractivity contribution in [2.75, 3.05) is 17.3 Å². The van der Waals surface area contributed by atoms with E-state index in [2.05, 4.69) is 26.6 Å². The maximum atomic E-state index is 17.8. The summed E-state index contributed by atoms with van der Waals surface area (Å²) in [5.41, 5.74) is -4.20. The molecule has 0 radical (unpaired) electrons. The molecule has 67 heavy (non-hydrogen) atoms. The molecule has 5 N–H and O–H groups in total. The van der Waals surface area contributed by atoms with Gasteiger partial charge in [0.2, 0.25) is 11.8 Å². The van der Waals surface area contributed by atoms with E-state index in [0.717, 1.165) is 17.2 Å². The lowest BCUT2D eigenvalue weighted by Crippen LogP contribution is -2.70. The number of hydrogen-bond acceptors (Lipinski definition) is 11. The number of nitrogens with one attached hydrogen (secondary N) is 2. The van der Waals surface area contributed by atoms with Crippen molar-refractivity contribution in [2.24, 2.45) is 34.5 Å². The molecule has 360 valence electrons. The first-order valence-corrected chi connectivity index (χ1v) is 23.8. The van der Waals surface area contributed by atoms with E-state index in [1.54, 1.807) is 44.2 Å². The second-order valence-corrected chi connectivity index (χ2v) is 20.0. The number of hydrogen-bond donors (Lipinski definition) is 5. The summed E-state index contributed by atoms with van der Waals surface area (Å²) in [5.74, 6) is -7.40. The number of allylic oxidation sites excluding steroid dienone is 4. The number of aliphatic hydroxyl groups excluding tert-OH is 2. The van der Waals surface area contributed by atoms with Gasteiger partial charge in [-0.15, -0.1) is 0 Å². The number of carbonyl (C=O) groups excluding carboxylic acids is 6. The average Bonchev–Trinajstić information content (AvgIpc) is 3.79. The van der Waals surface area contributed by atoms with Crippen LogP contribution >= 0.6 is 15.9 Å². The number of rotatable bonds is 18. The van der Waals surface area contributed by atoms with Crippen molar-refractivity contribution >= 4 is 62.5 Å². The summed E-state index contributed by atoms with van der Waals surface area (Å²) in [5, 5.41) is 36.6. The molecular weight excluding hydrogens is 938 g/mol. The van der Waals surface area contributed by atoms with Gasteiger partial charge in [0.15, 0.2) is 34.9 Å². The van der Waals surface area contributed by atoms with Gasteiger partial charge >= 0.3 is 5.97 Å². The number of fused-ring (bicyclic) bond motifs is 7. The lowest BCUT2D eigenvalue weighted by Gasteiger charge is -2.63. The second kappa shape index (κ2) is 19.3. The molecule has 1 saturated heterocycles. The number of carboxylic acid groups (broad SMARTS) is 1. The predicted octanol–water partition coefficient (Wildman–Crippen LogP) is 5.79. The van der Waals surface area contributed by atoms with Crippen LogP contribution in [0.5, 0.6) is 0 Å². The van der Waals surface area contributed by atoms with Gasteiger partial charge in [0, 0.05) is 59.1 Å². The first kappa shape index (κ1) is 50.1. The molecule has 1 aliphatic heterocycles. The number of carbonyl (C=O) groups is 7. The monoisotopic (exact) mass is 994 g/mol. The first-order chi connectivity index (χ1) is 31.6. The molecule has 0 bridgehead atoms. The third-order valence-electron chi connectivity index (χ3n) is 15.3. The van der Waals surface area contributed by atoms with Gasteiger partial charge in [-0.3, -0.25) is 33.6 Å². The van der Waals surface area contributed by atoms with Gasteiger partial charge in [0.1, 0.15) is 18.6 Å². The third kappa shape index (κ3) is 9.02. The predicted molar refractivity (Wildman–Crippen MR) is 242 cm³/mol. The zero-order valence-electron chi connectivity index (χ0n) is 37.8. The second-order valence-electron chi connectivity index (χ2n) is 19.4. The lowest BCUT2D eigenvalue weighted by molar-refractivity contribution is -0.235. The van der Waals surface area contributed by atoms with Crippen LogP contribution in [0.3, 0.4) is 0 Å². The number of halogens is 3. The van der Waals surface area contributed by atoms with E-state index >= 15 is 8.78 Å². The molecule has 0 unspecified atom stereocenters. The highest BCUT2D eigenvalue weighted by atomic mass is 79.9. The van der Waals surface area contributed by atoms with E-state index in [1.807, 2.05) is 18.2 Å². The van der Waals surface area contributed by atoms with Gasteiger partial charge in [-0.25, -0.2) is 8.78 Å². The number of carboxylic acids is 1. The van der Waals surface area contributed by atoms with Gasteiger partial charge < -0.3 is 35.4 Å². The smallest absolute Gasteiger partial charge is 0.303 e. The average molecular weight is 996 g/mol. The minimum absolute atomic E-state index is 0.00470. The topological polar surface area (TPSA) is 223 Å².